The summed E-state index contributed by atoms with van der Waals surface area (Å²) >= 11 is 1.43. The van der Waals surface area contributed by atoms with Crippen molar-refractivity contribution >= 4 is 28.5 Å². The molecule has 1 aliphatic carbocycles. The predicted molar refractivity (Wildman–Crippen MR) is 121 cm³/mol. The number of carbonyl (C=O) groups is 2. The highest BCUT2D eigenvalue weighted by Crippen LogP contribution is 2.33. The van der Waals surface area contributed by atoms with E-state index in [1.54, 1.807) is 0 Å². The summed E-state index contributed by atoms with van der Waals surface area (Å²) in [4.78, 5) is 30.5. The molecule has 0 bridgehead atoms. The second kappa shape index (κ2) is 9.75. The third kappa shape index (κ3) is 5.11. The van der Waals surface area contributed by atoms with Crippen molar-refractivity contribution in [2.24, 2.45) is 5.92 Å². The molecule has 7 heteroatoms. The van der Waals surface area contributed by atoms with Crippen LogP contribution in [-0.4, -0.2) is 23.6 Å². The maximum absolute atomic E-state index is 12.8. The van der Waals surface area contributed by atoms with Gasteiger partial charge in [0.15, 0.2) is 5.13 Å². The lowest BCUT2D eigenvalue weighted by Crippen LogP contribution is -2.33. The molecule has 1 aromatic heterocycles. The van der Waals surface area contributed by atoms with E-state index in [4.69, 9.17) is 4.74 Å². The molecule has 0 saturated heterocycles. The lowest BCUT2D eigenvalue weighted by molar-refractivity contribution is -0.148. The van der Waals surface area contributed by atoms with Gasteiger partial charge in [0.1, 0.15) is 0 Å². The van der Waals surface area contributed by atoms with Gasteiger partial charge in [-0.2, -0.15) is 0 Å². The topological polar surface area (TPSA) is 80.3 Å². The molecule has 1 heterocycles. The molecule has 31 heavy (non-hydrogen) atoms. The zero-order chi connectivity index (χ0) is 21.6. The molecule has 1 aliphatic rings. The number of fused-ring (bicyclic) bond motifs is 1. The zero-order valence-corrected chi connectivity index (χ0v) is 18.2. The van der Waals surface area contributed by atoms with Gasteiger partial charge in [0.2, 0.25) is 0 Å². The lowest BCUT2D eigenvalue weighted by Gasteiger charge is -2.19. The number of rotatable bonds is 6. The van der Waals surface area contributed by atoms with Gasteiger partial charge in [-0.25, -0.2) is 9.78 Å². The van der Waals surface area contributed by atoms with Crippen molar-refractivity contribution in [3.05, 3.63) is 82.4 Å². The van der Waals surface area contributed by atoms with E-state index in [9.17, 15) is 9.59 Å². The van der Waals surface area contributed by atoms with Crippen LogP contribution in [0.15, 0.2) is 60.7 Å². The number of carbonyl (C=O) groups excluding carboxylic acids is 2. The number of nitrogens with one attached hydrogen (secondary N) is 2. The number of urea groups is 1. The minimum Gasteiger partial charge on any atom is -0.466 e. The molecule has 0 saturated carbocycles. The summed E-state index contributed by atoms with van der Waals surface area (Å²) in [5.41, 5.74) is 2.96. The summed E-state index contributed by atoms with van der Waals surface area (Å²) in [6.45, 7) is 2.21. The number of benzene rings is 2. The van der Waals surface area contributed by atoms with Crippen LogP contribution in [0.4, 0.5) is 9.93 Å². The average Bonchev–Trinajstić information content (AvgIpc) is 3.20. The van der Waals surface area contributed by atoms with Crippen molar-refractivity contribution in [2.45, 2.75) is 32.2 Å². The molecule has 0 fully saturated rings. The van der Waals surface area contributed by atoms with Gasteiger partial charge >= 0.3 is 12.0 Å². The number of aromatic nitrogens is 1. The Morgan fingerprint density at radius 1 is 1.10 bits per heavy atom. The Hall–Kier alpha value is -3.19. The Balaban J connectivity index is 1.45. The van der Waals surface area contributed by atoms with Gasteiger partial charge in [-0.3, -0.25) is 10.1 Å². The number of amides is 2. The molecule has 0 radical (unpaired) electrons. The van der Waals surface area contributed by atoms with Crippen molar-refractivity contribution in [3.63, 3.8) is 0 Å². The third-order valence-corrected chi connectivity index (χ3v) is 6.36. The quantitative estimate of drug-likeness (QED) is 0.549. The van der Waals surface area contributed by atoms with Crippen LogP contribution in [0.1, 0.15) is 41.1 Å². The van der Waals surface area contributed by atoms with Crippen LogP contribution >= 0.6 is 11.3 Å². The molecule has 6 nitrogen and oxygen atoms in total. The highest BCUT2D eigenvalue weighted by atomic mass is 32.1. The Morgan fingerprint density at radius 3 is 2.35 bits per heavy atom. The van der Waals surface area contributed by atoms with Crippen LogP contribution in [0.5, 0.6) is 0 Å². The number of hydrogen-bond donors (Lipinski definition) is 2. The van der Waals surface area contributed by atoms with E-state index in [0.29, 0.717) is 18.2 Å². The van der Waals surface area contributed by atoms with E-state index in [0.717, 1.165) is 34.5 Å². The number of ether oxygens (including phenoxy) is 1. The van der Waals surface area contributed by atoms with Gasteiger partial charge in [0, 0.05) is 4.88 Å². The van der Waals surface area contributed by atoms with Gasteiger partial charge < -0.3 is 10.1 Å². The predicted octanol–water partition coefficient (Wildman–Crippen LogP) is 4.72. The van der Waals surface area contributed by atoms with E-state index in [1.165, 1.54) is 11.3 Å². The number of anilines is 1. The maximum Gasteiger partial charge on any atom is 0.321 e. The zero-order valence-electron chi connectivity index (χ0n) is 17.3. The number of thiazole rings is 1. The molecule has 1 unspecified atom stereocenters. The smallest absolute Gasteiger partial charge is 0.321 e. The molecule has 3 aromatic rings. The first-order valence-electron chi connectivity index (χ1n) is 10.5. The number of nitrogens with zero attached hydrogens (tertiary/aromatic N) is 1. The van der Waals surface area contributed by atoms with Gasteiger partial charge in [-0.05, 0) is 37.3 Å². The SMILES string of the molecule is CCOC(=O)C1CCc2nc(NC(=O)NC(c3ccccc3)c3ccccc3)sc2C1. The Morgan fingerprint density at radius 2 is 1.74 bits per heavy atom. The van der Waals surface area contributed by atoms with Crippen molar-refractivity contribution in [1.29, 1.82) is 0 Å². The first kappa shape index (κ1) is 21.1. The third-order valence-electron chi connectivity index (χ3n) is 5.32. The molecular formula is C24H25N3O3S. The molecule has 2 N–H and O–H groups in total. The molecule has 160 valence electrons. The van der Waals surface area contributed by atoms with Crippen LogP contribution in [0.2, 0.25) is 0 Å². The molecule has 0 spiro atoms. The fraction of sp³-hybridized carbons (Fsp3) is 0.292. The van der Waals surface area contributed by atoms with Crippen LogP contribution in [0, 0.1) is 5.92 Å². The van der Waals surface area contributed by atoms with Crippen molar-refractivity contribution in [1.82, 2.24) is 10.3 Å². The second-order valence-corrected chi connectivity index (χ2v) is 8.52. The maximum atomic E-state index is 12.8. The van der Waals surface area contributed by atoms with E-state index in [2.05, 4.69) is 15.6 Å². The summed E-state index contributed by atoms with van der Waals surface area (Å²) < 4.78 is 5.16. The average molecular weight is 436 g/mol. The van der Waals surface area contributed by atoms with Crippen LogP contribution in [0.25, 0.3) is 0 Å². The summed E-state index contributed by atoms with van der Waals surface area (Å²) in [5.74, 6) is -0.280. The number of hydrogen-bond acceptors (Lipinski definition) is 5. The highest BCUT2D eigenvalue weighted by Gasteiger charge is 2.29. The van der Waals surface area contributed by atoms with Gasteiger partial charge in [-0.1, -0.05) is 60.7 Å². The molecule has 0 aliphatic heterocycles. The summed E-state index contributed by atoms with van der Waals surface area (Å²) in [5, 5.41) is 6.49. The van der Waals surface area contributed by atoms with Crippen molar-refractivity contribution in [3.8, 4) is 0 Å². The standard InChI is InChI=1S/C24H25N3O3S/c1-2-30-22(28)18-13-14-19-20(15-18)31-24(25-19)27-23(29)26-21(16-9-5-3-6-10-16)17-11-7-4-8-12-17/h3-12,18,21H,2,13-15H2,1H3,(H2,25,26,27,29). The monoisotopic (exact) mass is 435 g/mol. The van der Waals surface area contributed by atoms with Crippen LogP contribution in [0.3, 0.4) is 0 Å². The lowest BCUT2D eigenvalue weighted by atomic mass is 9.91. The first-order chi connectivity index (χ1) is 15.1. The largest absolute Gasteiger partial charge is 0.466 e. The Labute approximate surface area is 185 Å². The highest BCUT2D eigenvalue weighted by molar-refractivity contribution is 7.15. The van der Waals surface area contributed by atoms with Gasteiger partial charge in [0.05, 0.1) is 24.3 Å². The van der Waals surface area contributed by atoms with Crippen molar-refractivity contribution in [2.75, 3.05) is 11.9 Å². The molecule has 1 atom stereocenters. The van der Waals surface area contributed by atoms with Crippen molar-refractivity contribution < 1.29 is 14.3 Å². The van der Waals surface area contributed by atoms with Crippen LogP contribution < -0.4 is 10.6 Å². The van der Waals surface area contributed by atoms with Gasteiger partial charge in [-0.15, -0.1) is 11.3 Å². The fourth-order valence-electron chi connectivity index (χ4n) is 3.80. The molecular weight excluding hydrogens is 410 g/mol. The first-order valence-corrected chi connectivity index (χ1v) is 11.3. The number of aryl methyl sites for hydroxylation is 1. The van der Waals surface area contributed by atoms with E-state index in [-0.39, 0.29) is 24.0 Å². The summed E-state index contributed by atoms with van der Waals surface area (Å²) in [6, 6.07) is 19.1. The van der Waals surface area contributed by atoms with E-state index in [1.807, 2.05) is 67.6 Å². The molecule has 2 aromatic carbocycles. The normalized spacial score (nSPS) is 15.2. The molecule has 2 amide bonds. The van der Waals surface area contributed by atoms with Crippen LogP contribution in [-0.2, 0) is 22.4 Å². The second-order valence-electron chi connectivity index (χ2n) is 7.43. The Kier molecular flexibility index (Phi) is 6.62. The molecule has 4 rings (SSSR count). The summed E-state index contributed by atoms with van der Waals surface area (Å²) in [6.07, 6.45) is 2.06. The number of esters is 1. The Bertz CT molecular complexity index is 997. The fourth-order valence-corrected chi connectivity index (χ4v) is 4.89. The van der Waals surface area contributed by atoms with Gasteiger partial charge in [0.25, 0.3) is 0 Å². The van der Waals surface area contributed by atoms with E-state index < -0.39 is 0 Å². The minimum absolute atomic E-state index is 0.130. The summed E-state index contributed by atoms with van der Waals surface area (Å²) in [7, 11) is 0. The minimum atomic E-state index is -0.314. The van der Waals surface area contributed by atoms with E-state index >= 15 is 0 Å².